The fourth-order valence-corrected chi connectivity index (χ4v) is 2.15. The van der Waals surface area contributed by atoms with E-state index in [1.165, 1.54) is 12.0 Å². The Balaban J connectivity index is 1.85. The SMILES string of the molecule is CCC(NCC1CCOC1)c1ccncc1. The monoisotopic (exact) mass is 220 g/mol. The van der Waals surface area contributed by atoms with E-state index in [9.17, 15) is 0 Å². The molecule has 0 aromatic carbocycles. The van der Waals surface area contributed by atoms with Crippen LogP contribution in [0.1, 0.15) is 31.4 Å². The summed E-state index contributed by atoms with van der Waals surface area (Å²) in [7, 11) is 0. The molecule has 16 heavy (non-hydrogen) atoms. The molecule has 2 rings (SSSR count). The van der Waals surface area contributed by atoms with Crippen molar-refractivity contribution in [3.05, 3.63) is 30.1 Å². The van der Waals surface area contributed by atoms with Crippen LogP contribution in [0.2, 0.25) is 0 Å². The van der Waals surface area contributed by atoms with Gasteiger partial charge in [0.15, 0.2) is 0 Å². The lowest BCUT2D eigenvalue weighted by molar-refractivity contribution is 0.184. The van der Waals surface area contributed by atoms with Crippen molar-refractivity contribution < 1.29 is 4.74 Å². The smallest absolute Gasteiger partial charge is 0.0507 e. The Bertz CT molecular complexity index is 296. The van der Waals surface area contributed by atoms with Crippen molar-refractivity contribution in [2.24, 2.45) is 5.92 Å². The predicted octanol–water partition coefficient (Wildman–Crippen LogP) is 2.16. The molecule has 1 N–H and O–H groups in total. The summed E-state index contributed by atoms with van der Waals surface area (Å²) in [4.78, 5) is 4.05. The third kappa shape index (κ3) is 3.03. The van der Waals surface area contributed by atoms with Crippen LogP contribution in [0.25, 0.3) is 0 Å². The summed E-state index contributed by atoms with van der Waals surface area (Å²) in [6.45, 7) is 5.11. The van der Waals surface area contributed by atoms with Crippen molar-refractivity contribution in [3.8, 4) is 0 Å². The first-order valence-corrected chi connectivity index (χ1v) is 6.11. The van der Waals surface area contributed by atoms with E-state index in [4.69, 9.17) is 4.74 Å². The molecule has 0 bridgehead atoms. The molecule has 0 saturated carbocycles. The van der Waals surface area contributed by atoms with E-state index in [1.807, 2.05) is 12.4 Å². The van der Waals surface area contributed by atoms with Crippen molar-refractivity contribution in [2.45, 2.75) is 25.8 Å². The highest BCUT2D eigenvalue weighted by Gasteiger charge is 2.17. The maximum Gasteiger partial charge on any atom is 0.0507 e. The van der Waals surface area contributed by atoms with Crippen LogP contribution >= 0.6 is 0 Å². The fourth-order valence-electron chi connectivity index (χ4n) is 2.15. The molecule has 0 amide bonds. The van der Waals surface area contributed by atoms with E-state index in [2.05, 4.69) is 29.4 Å². The molecule has 0 aliphatic carbocycles. The molecule has 2 heterocycles. The minimum Gasteiger partial charge on any atom is -0.381 e. The van der Waals surface area contributed by atoms with E-state index >= 15 is 0 Å². The minimum absolute atomic E-state index is 0.448. The van der Waals surface area contributed by atoms with Gasteiger partial charge in [-0.15, -0.1) is 0 Å². The van der Waals surface area contributed by atoms with Gasteiger partial charge < -0.3 is 10.1 Å². The van der Waals surface area contributed by atoms with E-state index in [-0.39, 0.29) is 0 Å². The van der Waals surface area contributed by atoms with E-state index in [1.54, 1.807) is 0 Å². The molecule has 1 aromatic rings. The summed E-state index contributed by atoms with van der Waals surface area (Å²) >= 11 is 0. The molecule has 2 unspecified atom stereocenters. The molecule has 1 aliphatic heterocycles. The average Bonchev–Trinajstić information content (AvgIpc) is 2.84. The maximum atomic E-state index is 5.38. The van der Waals surface area contributed by atoms with Crippen LogP contribution in [-0.2, 0) is 4.74 Å². The average molecular weight is 220 g/mol. The lowest BCUT2D eigenvalue weighted by Crippen LogP contribution is -2.27. The van der Waals surface area contributed by atoms with Crippen molar-refractivity contribution in [3.63, 3.8) is 0 Å². The van der Waals surface area contributed by atoms with Crippen LogP contribution in [0.15, 0.2) is 24.5 Å². The third-order valence-corrected chi connectivity index (χ3v) is 3.19. The highest BCUT2D eigenvalue weighted by Crippen LogP contribution is 2.17. The molecule has 1 aromatic heterocycles. The number of aromatic nitrogens is 1. The van der Waals surface area contributed by atoms with Gasteiger partial charge in [0.05, 0.1) is 6.61 Å². The van der Waals surface area contributed by atoms with E-state index < -0.39 is 0 Å². The summed E-state index contributed by atoms with van der Waals surface area (Å²) in [5.41, 5.74) is 1.33. The van der Waals surface area contributed by atoms with Crippen LogP contribution in [0, 0.1) is 5.92 Å². The molecule has 0 radical (unpaired) electrons. The van der Waals surface area contributed by atoms with Crippen LogP contribution in [0.3, 0.4) is 0 Å². The highest BCUT2D eigenvalue weighted by molar-refractivity contribution is 5.14. The van der Waals surface area contributed by atoms with Gasteiger partial charge in [-0.1, -0.05) is 6.92 Å². The van der Waals surface area contributed by atoms with Crippen LogP contribution < -0.4 is 5.32 Å². The Morgan fingerprint density at radius 1 is 1.50 bits per heavy atom. The Hall–Kier alpha value is -0.930. The second kappa shape index (κ2) is 5.97. The largest absolute Gasteiger partial charge is 0.381 e. The molecule has 0 spiro atoms. The lowest BCUT2D eigenvalue weighted by Gasteiger charge is -2.19. The van der Waals surface area contributed by atoms with Crippen LogP contribution in [0.4, 0.5) is 0 Å². The van der Waals surface area contributed by atoms with Gasteiger partial charge in [0.2, 0.25) is 0 Å². The first-order chi connectivity index (χ1) is 7.90. The molecule has 2 atom stereocenters. The summed E-state index contributed by atoms with van der Waals surface area (Å²) in [6, 6.07) is 4.63. The predicted molar refractivity (Wildman–Crippen MR) is 64.2 cm³/mol. The first kappa shape index (κ1) is 11.6. The maximum absolute atomic E-state index is 5.38. The highest BCUT2D eigenvalue weighted by atomic mass is 16.5. The number of hydrogen-bond donors (Lipinski definition) is 1. The zero-order valence-electron chi connectivity index (χ0n) is 9.86. The topological polar surface area (TPSA) is 34.1 Å². The second-order valence-corrected chi connectivity index (χ2v) is 4.38. The Morgan fingerprint density at radius 2 is 2.31 bits per heavy atom. The molecule has 88 valence electrons. The summed E-state index contributed by atoms with van der Waals surface area (Å²) < 4.78 is 5.38. The van der Waals surface area contributed by atoms with E-state index in [0.717, 1.165) is 26.2 Å². The van der Waals surface area contributed by atoms with E-state index in [0.29, 0.717) is 12.0 Å². The molecule has 1 fully saturated rings. The standard InChI is InChI=1S/C13H20N2O/c1-2-13(12-3-6-14-7-4-12)15-9-11-5-8-16-10-11/h3-4,6-7,11,13,15H,2,5,8-10H2,1H3. The van der Waals surface area contributed by atoms with Gasteiger partial charge in [-0.25, -0.2) is 0 Å². The minimum atomic E-state index is 0.448. The quantitative estimate of drug-likeness (QED) is 0.825. The zero-order valence-corrected chi connectivity index (χ0v) is 9.86. The van der Waals surface area contributed by atoms with Crippen LogP contribution in [0.5, 0.6) is 0 Å². The van der Waals surface area contributed by atoms with Gasteiger partial charge in [-0.3, -0.25) is 4.98 Å². The Kier molecular flexibility index (Phi) is 4.31. The number of rotatable bonds is 5. The molecule has 3 heteroatoms. The second-order valence-electron chi connectivity index (χ2n) is 4.38. The van der Waals surface area contributed by atoms with Crippen molar-refractivity contribution in [1.82, 2.24) is 10.3 Å². The zero-order chi connectivity index (χ0) is 11.2. The number of nitrogens with one attached hydrogen (secondary N) is 1. The van der Waals surface area contributed by atoms with Crippen molar-refractivity contribution in [2.75, 3.05) is 19.8 Å². The number of ether oxygens (including phenoxy) is 1. The van der Waals surface area contributed by atoms with Gasteiger partial charge in [0.1, 0.15) is 0 Å². The van der Waals surface area contributed by atoms with Crippen molar-refractivity contribution >= 4 is 0 Å². The first-order valence-electron chi connectivity index (χ1n) is 6.11. The van der Waals surface area contributed by atoms with Crippen LogP contribution in [-0.4, -0.2) is 24.7 Å². The molecule has 1 aliphatic rings. The summed E-state index contributed by atoms with van der Waals surface area (Å²) in [5, 5.41) is 3.62. The van der Waals surface area contributed by atoms with Gasteiger partial charge in [0, 0.05) is 31.6 Å². The molecule has 1 saturated heterocycles. The summed E-state index contributed by atoms with van der Waals surface area (Å²) in [6.07, 6.45) is 6.02. The molecule has 3 nitrogen and oxygen atoms in total. The number of hydrogen-bond acceptors (Lipinski definition) is 3. The lowest BCUT2D eigenvalue weighted by atomic mass is 10.0. The number of pyridine rings is 1. The van der Waals surface area contributed by atoms with Gasteiger partial charge in [0.25, 0.3) is 0 Å². The fraction of sp³-hybridized carbons (Fsp3) is 0.615. The summed E-state index contributed by atoms with van der Waals surface area (Å²) in [5.74, 6) is 0.691. The van der Waals surface area contributed by atoms with Gasteiger partial charge in [-0.2, -0.15) is 0 Å². The Labute approximate surface area is 97.2 Å². The van der Waals surface area contributed by atoms with Gasteiger partial charge in [-0.05, 0) is 36.5 Å². The third-order valence-electron chi connectivity index (χ3n) is 3.19. The normalized spacial score (nSPS) is 22.2. The van der Waals surface area contributed by atoms with Gasteiger partial charge >= 0.3 is 0 Å². The molecular weight excluding hydrogens is 200 g/mol. The Morgan fingerprint density at radius 3 is 2.94 bits per heavy atom. The van der Waals surface area contributed by atoms with Crippen molar-refractivity contribution in [1.29, 1.82) is 0 Å². The molecular formula is C13H20N2O. The number of nitrogens with zero attached hydrogens (tertiary/aromatic N) is 1.